The number of imidazole rings is 1. The van der Waals surface area contributed by atoms with Crippen LogP contribution in [0.3, 0.4) is 0 Å². The Hall–Kier alpha value is -3.15. The molecule has 0 bridgehead atoms. The van der Waals surface area contributed by atoms with E-state index < -0.39 is 0 Å². The van der Waals surface area contributed by atoms with Gasteiger partial charge in [-0.3, -0.25) is 14.2 Å². The van der Waals surface area contributed by atoms with Gasteiger partial charge in [-0.25, -0.2) is 4.98 Å². The molecular weight excluding hydrogens is 304 g/mol. The minimum absolute atomic E-state index is 0.115. The van der Waals surface area contributed by atoms with Crippen molar-refractivity contribution in [3.63, 3.8) is 0 Å². The SMILES string of the molecule is O=C1CN(C(=O)c2ccc(-n3cnc4ccccc43)cc2)CCN1. The lowest BCUT2D eigenvalue weighted by Gasteiger charge is -2.26. The van der Waals surface area contributed by atoms with Crippen molar-refractivity contribution in [2.75, 3.05) is 19.6 Å². The minimum atomic E-state index is -0.119. The fraction of sp³-hybridized carbons (Fsp3) is 0.167. The van der Waals surface area contributed by atoms with E-state index in [0.29, 0.717) is 18.7 Å². The smallest absolute Gasteiger partial charge is 0.254 e. The van der Waals surface area contributed by atoms with Gasteiger partial charge in [0.05, 0.1) is 17.6 Å². The molecule has 6 nitrogen and oxygen atoms in total. The molecule has 1 saturated heterocycles. The summed E-state index contributed by atoms with van der Waals surface area (Å²) >= 11 is 0. The average Bonchev–Trinajstić information content (AvgIpc) is 3.05. The number of hydrogen-bond donors (Lipinski definition) is 1. The van der Waals surface area contributed by atoms with Crippen molar-refractivity contribution in [3.05, 3.63) is 60.4 Å². The summed E-state index contributed by atoms with van der Waals surface area (Å²) < 4.78 is 1.98. The Morgan fingerprint density at radius 1 is 1.08 bits per heavy atom. The highest BCUT2D eigenvalue weighted by Gasteiger charge is 2.22. The van der Waals surface area contributed by atoms with E-state index in [1.807, 2.05) is 41.0 Å². The maximum Gasteiger partial charge on any atom is 0.254 e. The van der Waals surface area contributed by atoms with Crippen LogP contribution in [0.15, 0.2) is 54.9 Å². The fourth-order valence-corrected chi connectivity index (χ4v) is 2.92. The van der Waals surface area contributed by atoms with Crippen LogP contribution in [0.5, 0.6) is 0 Å². The van der Waals surface area contributed by atoms with Crippen LogP contribution in [0.2, 0.25) is 0 Å². The van der Waals surface area contributed by atoms with Crippen LogP contribution in [-0.4, -0.2) is 45.9 Å². The molecule has 0 aliphatic carbocycles. The zero-order chi connectivity index (χ0) is 16.5. The Kier molecular flexibility index (Phi) is 3.49. The first-order valence-corrected chi connectivity index (χ1v) is 7.81. The van der Waals surface area contributed by atoms with E-state index >= 15 is 0 Å². The number of piperazine rings is 1. The lowest BCUT2D eigenvalue weighted by atomic mass is 10.1. The van der Waals surface area contributed by atoms with Gasteiger partial charge < -0.3 is 10.2 Å². The van der Waals surface area contributed by atoms with Crippen molar-refractivity contribution in [3.8, 4) is 5.69 Å². The molecule has 6 heteroatoms. The summed E-state index contributed by atoms with van der Waals surface area (Å²) in [5, 5.41) is 2.72. The number of para-hydroxylation sites is 2. The van der Waals surface area contributed by atoms with E-state index in [1.165, 1.54) is 0 Å². The summed E-state index contributed by atoms with van der Waals surface area (Å²) in [6.07, 6.45) is 1.77. The molecule has 0 spiro atoms. The third kappa shape index (κ3) is 2.52. The lowest BCUT2D eigenvalue weighted by Crippen LogP contribution is -2.49. The largest absolute Gasteiger partial charge is 0.353 e. The highest BCUT2D eigenvalue weighted by molar-refractivity contribution is 5.97. The minimum Gasteiger partial charge on any atom is -0.353 e. The molecule has 2 heterocycles. The molecule has 0 atom stereocenters. The quantitative estimate of drug-likeness (QED) is 0.780. The predicted octanol–water partition coefficient (Wildman–Crippen LogP) is 1.60. The third-order valence-electron chi connectivity index (χ3n) is 4.17. The van der Waals surface area contributed by atoms with Gasteiger partial charge in [0.15, 0.2) is 0 Å². The van der Waals surface area contributed by atoms with E-state index in [-0.39, 0.29) is 18.4 Å². The Labute approximate surface area is 138 Å². The van der Waals surface area contributed by atoms with Gasteiger partial charge in [-0.15, -0.1) is 0 Å². The second-order valence-electron chi connectivity index (χ2n) is 5.73. The van der Waals surface area contributed by atoms with Crippen LogP contribution in [0.25, 0.3) is 16.7 Å². The van der Waals surface area contributed by atoms with Crippen LogP contribution in [0.4, 0.5) is 0 Å². The molecule has 0 saturated carbocycles. The Morgan fingerprint density at radius 3 is 2.67 bits per heavy atom. The lowest BCUT2D eigenvalue weighted by molar-refractivity contribution is -0.123. The molecule has 120 valence electrons. The van der Waals surface area contributed by atoms with Gasteiger partial charge in [0.1, 0.15) is 6.33 Å². The molecule has 0 unspecified atom stereocenters. The highest BCUT2D eigenvalue weighted by atomic mass is 16.2. The maximum atomic E-state index is 12.5. The standard InChI is InChI=1S/C18H16N4O2/c23-17-11-21(10-9-19-17)18(24)13-5-7-14(8-6-13)22-12-20-15-3-1-2-4-16(15)22/h1-8,12H,9-11H2,(H,19,23). The number of rotatable bonds is 2. The Morgan fingerprint density at radius 2 is 1.88 bits per heavy atom. The number of carbonyl (C=O) groups excluding carboxylic acids is 2. The molecule has 1 aromatic heterocycles. The molecule has 1 aliphatic heterocycles. The molecule has 1 N–H and O–H groups in total. The molecule has 0 radical (unpaired) electrons. The first-order chi connectivity index (χ1) is 11.7. The Balaban J connectivity index is 1.60. The predicted molar refractivity (Wildman–Crippen MR) is 90.0 cm³/mol. The van der Waals surface area contributed by atoms with Gasteiger partial charge in [-0.05, 0) is 36.4 Å². The first-order valence-electron chi connectivity index (χ1n) is 7.81. The summed E-state index contributed by atoms with van der Waals surface area (Å²) in [4.78, 5) is 29.9. The number of benzene rings is 2. The number of carbonyl (C=O) groups is 2. The van der Waals surface area contributed by atoms with E-state index in [9.17, 15) is 9.59 Å². The molecule has 4 rings (SSSR count). The van der Waals surface area contributed by atoms with E-state index in [4.69, 9.17) is 0 Å². The number of nitrogens with zero attached hydrogens (tertiary/aromatic N) is 3. The molecule has 2 aromatic carbocycles. The molecule has 1 fully saturated rings. The van der Waals surface area contributed by atoms with Gasteiger partial charge in [-0.2, -0.15) is 0 Å². The fourth-order valence-electron chi connectivity index (χ4n) is 2.92. The number of amides is 2. The van der Waals surface area contributed by atoms with Gasteiger partial charge in [0.2, 0.25) is 5.91 Å². The van der Waals surface area contributed by atoms with Crippen LogP contribution in [0, 0.1) is 0 Å². The molecule has 3 aromatic rings. The van der Waals surface area contributed by atoms with Gasteiger partial charge >= 0.3 is 0 Å². The van der Waals surface area contributed by atoms with Crippen molar-refractivity contribution in [1.29, 1.82) is 0 Å². The molecule has 24 heavy (non-hydrogen) atoms. The second-order valence-corrected chi connectivity index (χ2v) is 5.73. The van der Waals surface area contributed by atoms with Crippen molar-refractivity contribution in [1.82, 2.24) is 19.8 Å². The molecule has 1 aliphatic rings. The monoisotopic (exact) mass is 320 g/mol. The number of aromatic nitrogens is 2. The summed E-state index contributed by atoms with van der Waals surface area (Å²) in [5.41, 5.74) is 3.47. The van der Waals surface area contributed by atoms with Crippen molar-refractivity contribution < 1.29 is 9.59 Å². The van der Waals surface area contributed by atoms with E-state index in [1.54, 1.807) is 23.4 Å². The summed E-state index contributed by atoms with van der Waals surface area (Å²) in [7, 11) is 0. The van der Waals surface area contributed by atoms with Gasteiger partial charge in [-0.1, -0.05) is 12.1 Å². The van der Waals surface area contributed by atoms with Crippen LogP contribution < -0.4 is 5.32 Å². The van der Waals surface area contributed by atoms with E-state index in [2.05, 4.69) is 10.3 Å². The van der Waals surface area contributed by atoms with Crippen LogP contribution in [0.1, 0.15) is 10.4 Å². The zero-order valence-corrected chi connectivity index (χ0v) is 13.0. The normalized spacial score (nSPS) is 14.7. The first kappa shape index (κ1) is 14.4. The molecular formula is C18H16N4O2. The van der Waals surface area contributed by atoms with Crippen LogP contribution >= 0.6 is 0 Å². The zero-order valence-electron chi connectivity index (χ0n) is 13.0. The summed E-state index contributed by atoms with van der Waals surface area (Å²) in [5.74, 6) is -0.233. The van der Waals surface area contributed by atoms with Gasteiger partial charge in [0.25, 0.3) is 5.91 Å². The van der Waals surface area contributed by atoms with E-state index in [0.717, 1.165) is 16.7 Å². The number of fused-ring (bicyclic) bond motifs is 1. The molecule has 2 amide bonds. The number of nitrogens with one attached hydrogen (secondary N) is 1. The summed E-state index contributed by atoms with van der Waals surface area (Å²) in [6, 6.07) is 15.3. The number of hydrogen-bond acceptors (Lipinski definition) is 3. The van der Waals surface area contributed by atoms with Crippen molar-refractivity contribution >= 4 is 22.8 Å². The topological polar surface area (TPSA) is 67.2 Å². The van der Waals surface area contributed by atoms with Crippen molar-refractivity contribution in [2.24, 2.45) is 0 Å². The van der Waals surface area contributed by atoms with Crippen molar-refractivity contribution in [2.45, 2.75) is 0 Å². The van der Waals surface area contributed by atoms with Gasteiger partial charge in [0, 0.05) is 24.3 Å². The second kappa shape index (κ2) is 5.81. The third-order valence-corrected chi connectivity index (χ3v) is 4.17. The maximum absolute atomic E-state index is 12.5. The summed E-state index contributed by atoms with van der Waals surface area (Å²) in [6.45, 7) is 1.16. The Bertz CT molecular complexity index is 914. The average molecular weight is 320 g/mol. The van der Waals surface area contributed by atoms with Crippen LogP contribution in [-0.2, 0) is 4.79 Å². The highest BCUT2D eigenvalue weighted by Crippen LogP contribution is 2.18.